The van der Waals surface area contributed by atoms with Crippen LogP contribution in [0, 0.1) is 11.8 Å². The maximum Gasteiger partial charge on any atom is 0.191 e. The van der Waals surface area contributed by atoms with Crippen molar-refractivity contribution in [2.24, 2.45) is 16.8 Å². The Hall–Kier alpha value is -0.770. The third-order valence-electron chi connectivity index (χ3n) is 5.34. The maximum absolute atomic E-state index is 4.39. The molecule has 0 aromatic heterocycles. The van der Waals surface area contributed by atoms with Gasteiger partial charge in [0.1, 0.15) is 0 Å². The third kappa shape index (κ3) is 4.60. The van der Waals surface area contributed by atoms with Gasteiger partial charge in [-0.1, -0.05) is 33.6 Å². The predicted molar refractivity (Wildman–Crippen MR) is 90.7 cm³/mol. The average Bonchev–Trinajstić information content (AvgIpc) is 2.96. The number of likely N-dealkylation sites (tertiary alicyclic amines) is 1. The fourth-order valence-corrected chi connectivity index (χ4v) is 3.59. The summed E-state index contributed by atoms with van der Waals surface area (Å²) in [5.74, 6) is 2.57. The van der Waals surface area contributed by atoms with E-state index in [1.54, 1.807) is 0 Å². The molecule has 122 valence electrons. The summed E-state index contributed by atoms with van der Waals surface area (Å²) in [6.45, 7) is 10.5. The van der Waals surface area contributed by atoms with Gasteiger partial charge in [0, 0.05) is 25.7 Å². The van der Waals surface area contributed by atoms with Crippen molar-refractivity contribution < 1.29 is 0 Å². The molecule has 0 bridgehead atoms. The highest BCUT2D eigenvalue weighted by Gasteiger charge is 2.33. The molecule has 1 heterocycles. The Morgan fingerprint density at radius 1 is 1.24 bits per heavy atom. The fourth-order valence-electron chi connectivity index (χ4n) is 3.59. The van der Waals surface area contributed by atoms with Gasteiger partial charge in [-0.3, -0.25) is 9.89 Å². The van der Waals surface area contributed by atoms with Crippen LogP contribution in [-0.4, -0.2) is 49.6 Å². The molecule has 2 rings (SSSR count). The van der Waals surface area contributed by atoms with Gasteiger partial charge in [0.2, 0.25) is 0 Å². The molecule has 4 nitrogen and oxygen atoms in total. The van der Waals surface area contributed by atoms with E-state index in [2.05, 4.69) is 41.3 Å². The minimum Gasteiger partial charge on any atom is -0.355 e. The summed E-state index contributed by atoms with van der Waals surface area (Å²) < 4.78 is 0. The van der Waals surface area contributed by atoms with Gasteiger partial charge in [-0.25, -0.2) is 0 Å². The predicted octanol–water partition coefficient (Wildman–Crippen LogP) is 2.46. The van der Waals surface area contributed by atoms with Gasteiger partial charge in [-0.2, -0.15) is 0 Å². The van der Waals surface area contributed by atoms with Gasteiger partial charge in [-0.15, -0.1) is 0 Å². The number of guanidine groups is 1. The molecular formula is C17H34N4. The molecule has 3 unspecified atom stereocenters. The van der Waals surface area contributed by atoms with Crippen LogP contribution in [0.4, 0.5) is 0 Å². The molecule has 1 saturated carbocycles. The van der Waals surface area contributed by atoms with E-state index in [9.17, 15) is 0 Å². The summed E-state index contributed by atoms with van der Waals surface area (Å²) in [7, 11) is 1.88. The molecule has 1 aliphatic heterocycles. The van der Waals surface area contributed by atoms with Crippen LogP contribution < -0.4 is 10.6 Å². The van der Waals surface area contributed by atoms with E-state index in [-0.39, 0.29) is 0 Å². The molecule has 0 aromatic rings. The largest absolute Gasteiger partial charge is 0.355 e. The van der Waals surface area contributed by atoms with Crippen molar-refractivity contribution >= 4 is 5.96 Å². The highest BCUT2D eigenvalue weighted by molar-refractivity contribution is 5.80. The summed E-state index contributed by atoms with van der Waals surface area (Å²) in [6, 6.07) is 1.28. The lowest BCUT2D eigenvalue weighted by molar-refractivity contribution is 0.166. The monoisotopic (exact) mass is 294 g/mol. The normalized spacial score (nSPS) is 28.0. The molecule has 2 fully saturated rings. The quantitative estimate of drug-likeness (QED) is 0.560. The lowest BCUT2D eigenvalue weighted by Gasteiger charge is -2.34. The Labute approximate surface area is 130 Å². The van der Waals surface area contributed by atoms with Crippen molar-refractivity contribution in [3.05, 3.63) is 0 Å². The number of aliphatic imine (C=N–C) groups is 1. The average molecular weight is 294 g/mol. The molecule has 2 aliphatic rings. The van der Waals surface area contributed by atoms with Crippen LogP contribution in [0.2, 0.25) is 0 Å². The fraction of sp³-hybridized carbons (Fsp3) is 0.941. The van der Waals surface area contributed by atoms with E-state index in [1.165, 1.54) is 45.2 Å². The van der Waals surface area contributed by atoms with E-state index >= 15 is 0 Å². The first kappa shape index (κ1) is 16.6. The second-order valence-electron chi connectivity index (χ2n) is 6.80. The van der Waals surface area contributed by atoms with E-state index in [0.717, 1.165) is 24.3 Å². The van der Waals surface area contributed by atoms with Crippen LogP contribution in [-0.2, 0) is 0 Å². The maximum atomic E-state index is 4.39. The van der Waals surface area contributed by atoms with Gasteiger partial charge in [-0.05, 0) is 44.2 Å². The minimum atomic E-state index is 0.634. The summed E-state index contributed by atoms with van der Waals surface area (Å²) in [4.78, 5) is 7.08. The Morgan fingerprint density at radius 3 is 2.33 bits per heavy atom. The number of hydrogen-bond acceptors (Lipinski definition) is 2. The number of nitrogens with one attached hydrogen (secondary N) is 2. The van der Waals surface area contributed by atoms with Crippen molar-refractivity contribution in [2.45, 2.75) is 65.0 Å². The van der Waals surface area contributed by atoms with Gasteiger partial charge in [0.15, 0.2) is 5.96 Å². The zero-order valence-electron chi connectivity index (χ0n) is 14.4. The van der Waals surface area contributed by atoms with Gasteiger partial charge < -0.3 is 10.6 Å². The first-order valence-corrected chi connectivity index (χ1v) is 8.90. The van der Waals surface area contributed by atoms with Crippen molar-refractivity contribution in [3.8, 4) is 0 Å². The first-order valence-electron chi connectivity index (χ1n) is 8.90. The molecule has 21 heavy (non-hydrogen) atoms. The van der Waals surface area contributed by atoms with Crippen LogP contribution in [0.5, 0.6) is 0 Å². The Bertz CT molecular complexity index is 330. The Kier molecular flexibility index (Phi) is 6.34. The topological polar surface area (TPSA) is 39.7 Å². The van der Waals surface area contributed by atoms with E-state index in [0.29, 0.717) is 12.1 Å². The first-order chi connectivity index (χ1) is 10.2. The SMILES string of the molecule is CCC(CC)C(CNC(=NC)NC1CC1C)N1CCCC1. The molecule has 1 saturated heterocycles. The molecular weight excluding hydrogens is 260 g/mol. The Balaban J connectivity index is 1.87. The molecule has 0 spiro atoms. The van der Waals surface area contributed by atoms with Crippen LogP contribution in [0.15, 0.2) is 4.99 Å². The number of nitrogens with zero attached hydrogens (tertiary/aromatic N) is 2. The Morgan fingerprint density at radius 2 is 1.86 bits per heavy atom. The molecule has 0 radical (unpaired) electrons. The molecule has 2 N–H and O–H groups in total. The van der Waals surface area contributed by atoms with E-state index in [1.807, 2.05) is 7.05 Å². The van der Waals surface area contributed by atoms with Crippen LogP contribution in [0.25, 0.3) is 0 Å². The van der Waals surface area contributed by atoms with Crippen molar-refractivity contribution in [2.75, 3.05) is 26.7 Å². The second kappa shape index (κ2) is 8.02. The summed E-state index contributed by atoms with van der Waals surface area (Å²) in [5.41, 5.74) is 0. The van der Waals surface area contributed by atoms with Gasteiger partial charge in [0.05, 0.1) is 0 Å². The minimum absolute atomic E-state index is 0.634. The summed E-state index contributed by atoms with van der Waals surface area (Å²) in [6.07, 6.45) is 6.55. The molecule has 4 heteroatoms. The lowest BCUT2D eigenvalue weighted by atomic mass is 9.93. The standard InChI is InChI=1S/C17H34N4/c1-5-14(6-2)16(21-9-7-8-10-21)12-19-17(18-4)20-15-11-13(15)3/h13-16H,5-12H2,1-4H3,(H2,18,19,20). The highest BCUT2D eigenvalue weighted by Crippen LogP contribution is 2.28. The van der Waals surface area contributed by atoms with Crippen molar-refractivity contribution in [1.82, 2.24) is 15.5 Å². The zero-order valence-corrected chi connectivity index (χ0v) is 14.4. The smallest absolute Gasteiger partial charge is 0.191 e. The highest BCUT2D eigenvalue weighted by atomic mass is 15.2. The van der Waals surface area contributed by atoms with E-state index < -0.39 is 0 Å². The third-order valence-corrected chi connectivity index (χ3v) is 5.34. The molecule has 3 atom stereocenters. The van der Waals surface area contributed by atoms with Crippen LogP contribution in [0.1, 0.15) is 52.9 Å². The van der Waals surface area contributed by atoms with Crippen LogP contribution in [0.3, 0.4) is 0 Å². The van der Waals surface area contributed by atoms with Gasteiger partial charge in [0.25, 0.3) is 0 Å². The zero-order chi connectivity index (χ0) is 15.2. The lowest BCUT2D eigenvalue weighted by Crippen LogP contribution is -2.49. The molecule has 0 aromatic carbocycles. The second-order valence-corrected chi connectivity index (χ2v) is 6.80. The van der Waals surface area contributed by atoms with Crippen molar-refractivity contribution in [3.63, 3.8) is 0 Å². The van der Waals surface area contributed by atoms with Crippen molar-refractivity contribution in [1.29, 1.82) is 0 Å². The van der Waals surface area contributed by atoms with Crippen LogP contribution >= 0.6 is 0 Å². The number of hydrogen-bond donors (Lipinski definition) is 2. The van der Waals surface area contributed by atoms with Gasteiger partial charge >= 0.3 is 0 Å². The summed E-state index contributed by atoms with van der Waals surface area (Å²) in [5, 5.41) is 7.12. The molecule has 1 aliphatic carbocycles. The number of rotatable bonds is 7. The molecule has 0 amide bonds. The summed E-state index contributed by atoms with van der Waals surface area (Å²) >= 11 is 0. The van der Waals surface area contributed by atoms with E-state index in [4.69, 9.17) is 0 Å².